The lowest BCUT2D eigenvalue weighted by Gasteiger charge is -2.57. The van der Waals surface area contributed by atoms with Crippen LogP contribution in [0.15, 0.2) is 42.9 Å². The highest BCUT2D eigenvalue weighted by Crippen LogP contribution is 2.39. The molecule has 0 aliphatic carbocycles. The highest BCUT2D eigenvalue weighted by molar-refractivity contribution is 6.36. The minimum Gasteiger partial charge on any atom is -0.352 e. The predicted molar refractivity (Wildman–Crippen MR) is 113 cm³/mol. The number of benzene rings is 2. The van der Waals surface area contributed by atoms with Crippen molar-refractivity contribution in [1.29, 1.82) is 0 Å². The summed E-state index contributed by atoms with van der Waals surface area (Å²) in [5, 5.41) is 5.11. The molecule has 4 aromatic rings. The highest BCUT2D eigenvalue weighted by Gasteiger charge is 2.48. The van der Waals surface area contributed by atoms with Crippen molar-refractivity contribution in [2.24, 2.45) is 0 Å². The Hall–Kier alpha value is -2.90. The van der Waals surface area contributed by atoms with Crippen molar-refractivity contribution in [2.75, 3.05) is 24.5 Å². The Kier molecular flexibility index (Phi) is 3.76. The lowest BCUT2D eigenvalue weighted by Crippen LogP contribution is -2.76. The SMILES string of the molecule is Fc1ccc2cccc(-c3ncc4c(N5CC6(CCN6)C5)ncnc4c3F)c2c1Cl. The van der Waals surface area contributed by atoms with E-state index in [1.54, 1.807) is 30.5 Å². The van der Waals surface area contributed by atoms with Gasteiger partial charge >= 0.3 is 0 Å². The molecular weight excluding hydrogens is 408 g/mol. The van der Waals surface area contributed by atoms with Crippen LogP contribution in [-0.2, 0) is 0 Å². The quantitative estimate of drug-likeness (QED) is 0.520. The molecule has 0 amide bonds. The summed E-state index contributed by atoms with van der Waals surface area (Å²) in [6.45, 7) is 2.70. The average Bonchev–Trinajstić information content (AvgIpc) is 2.69. The number of aromatic nitrogens is 3. The summed E-state index contributed by atoms with van der Waals surface area (Å²) in [5.74, 6) is -0.445. The van der Waals surface area contributed by atoms with Gasteiger partial charge in [0.05, 0.1) is 15.9 Å². The molecule has 4 heterocycles. The maximum atomic E-state index is 15.6. The normalized spacial score (nSPS) is 17.4. The summed E-state index contributed by atoms with van der Waals surface area (Å²) >= 11 is 6.23. The summed E-state index contributed by atoms with van der Waals surface area (Å²) in [5.41, 5.74) is 0.883. The molecule has 2 aliphatic rings. The van der Waals surface area contributed by atoms with E-state index in [0.717, 1.165) is 26.1 Å². The molecule has 0 radical (unpaired) electrons. The number of pyridine rings is 1. The monoisotopic (exact) mass is 423 g/mol. The summed E-state index contributed by atoms with van der Waals surface area (Å²) < 4.78 is 29.7. The topological polar surface area (TPSA) is 53.9 Å². The maximum absolute atomic E-state index is 15.6. The van der Waals surface area contributed by atoms with E-state index in [4.69, 9.17) is 11.6 Å². The summed E-state index contributed by atoms with van der Waals surface area (Å²) in [7, 11) is 0. The van der Waals surface area contributed by atoms with Crippen LogP contribution in [0.3, 0.4) is 0 Å². The molecule has 5 nitrogen and oxygen atoms in total. The van der Waals surface area contributed by atoms with Crippen LogP contribution in [0.2, 0.25) is 5.02 Å². The van der Waals surface area contributed by atoms with Crippen molar-refractivity contribution in [3.8, 4) is 11.3 Å². The summed E-state index contributed by atoms with van der Waals surface area (Å²) in [6.07, 6.45) is 4.11. The molecule has 0 unspecified atom stereocenters. The van der Waals surface area contributed by atoms with Gasteiger partial charge in [-0.2, -0.15) is 0 Å². The minimum absolute atomic E-state index is 0.0494. The van der Waals surface area contributed by atoms with E-state index in [2.05, 4.69) is 25.2 Å². The maximum Gasteiger partial charge on any atom is 0.175 e. The van der Waals surface area contributed by atoms with Gasteiger partial charge in [0.2, 0.25) is 0 Å². The largest absolute Gasteiger partial charge is 0.352 e. The van der Waals surface area contributed by atoms with Crippen LogP contribution in [0, 0.1) is 11.6 Å². The van der Waals surface area contributed by atoms with Gasteiger partial charge in [0.1, 0.15) is 29.2 Å². The zero-order chi connectivity index (χ0) is 20.5. The molecule has 2 aromatic carbocycles. The molecule has 0 atom stereocenters. The van der Waals surface area contributed by atoms with Crippen LogP contribution in [0.25, 0.3) is 32.9 Å². The molecule has 0 saturated carbocycles. The first kappa shape index (κ1) is 17.9. The lowest BCUT2D eigenvalue weighted by atomic mass is 9.80. The molecule has 0 bridgehead atoms. The Labute approximate surface area is 175 Å². The summed E-state index contributed by atoms with van der Waals surface area (Å²) in [4.78, 5) is 15.1. The zero-order valence-electron chi connectivity index (χ0n) is 15.8. The van der Waals surface area contributed by atoms with E-state index in [1.165, 1.54) is 12.4 Å². The minimum atomic E-state index is -0.569. The third-order valence-corrected chi connectivity index (χ3v) is 6.55. The molecule has 6 rings (SSSR count). The van der Waals surface area contributed by atoms with E-state index in [0.29, 0.717) is 27.5 Å². The third-order valence-electron chi connectivity index (χ3n) is 6.18. The number of anilines is 1. The third kappa shape index (κ3) is 2.45. The highest BCUT2D eigenvalue weighted by atomic mass is 35.5. The fourth-order valence-corrected chi connectivity index (χ4v) is 4.78. The first-order chi connectivity index (χ1) is 14.6. The lowest BCUT2D eigenvalue weighted by molar-refractivity contribution is 0.159. The Morgan fingerprint density at radius 3 is 2.67 bits per heavy atom. The smallest absolute Gasteiger partial charge is 0.175 e. The molecule has 2 saturated heterocycles. The van der Waals surface area contributed by atoms with Gasteiger partial charge in [-0.1, -0.05) is 35.9 Å². The Bertz CT molecular complexity index is 1330. The van der Waals surface area contributed by atoms with Gasteiger partial charge in [0.25, 0.3) is 0 Å². The second-order valence-electron chi connectivity index (χ2n) is 7.96. The number of nitrogens with zero attached hydrogens (tertiary/aromatic N) is 4. The van der Waals surface area contributed by atoms with Crippen LogP contribution < -0.4 is 10.2 Å². The van der Waals surface area contributed by atoms with Crippen molar-refractivity contribution in [3.63, 3.8) is 0 Å². The van der Waals surface area contributed by atoms with Crippen molar-refractivity contribution >= 4 is 39.1 Å². The average molecular weight is 424 g/mol. The molecule has 8 heteroatoms. The van der Waals surface area contributed by atoms with Crippen LogP contribution in [0.4, 0.5) is 14.6 Å². The van der Waals surface area contributed by atoms with Crippen molar-refractivity contribution in [3.05, 3.63) is 59.5 Å². The second-order valence-corrected chi connectivity index (χ2v) is 8.34. The van der Waals surface area contributed by atoms with E-state index in [1.807, 2.05) is 0 Å². The molecule has 30 heavy (non-hydrogen) atoms. The molecule has 2 fully saturated rings. The standard InChI is InChI=1S/C22H16ClF2N5/c23-17-15(24)5-4-12-2-1-3-13(16(12)17)19-18(25)20-14(8-26-19)21(28-11-27-20)30-9-22(10-30)6-7-29-22/h1-5,8,11,29H,6-7,9-10H2. The Morgan fingerprint density at radius 1 is 1.07 bits per heavy atom. The molecule has 1 N–H and O–H groups in total. The van der Waals surface area contributed by atoms with Crippen LogP contribution in [-0.4, -0.2) is 40.1 Å². The van der Waals surface area contributed by atoms with Gasteiger partial charge in [-0.05, 0) is 24.4 Å². The van der Waals surface area contributed by atoms with Gasteiger partial charge in [0.15, 0.2) is 5.82 Å². The number of nitrogens with one attached hydrogen (secondary N) is 1. The number of hydrogen-bond donors (Lipinski definition) is 1. The molecular formula is C22H16ClF2N5. The van der Waals surface area contributed by atoms with Gasteiger partial charge < -0.3 is 10.2 Å². The molecule has 150 valence electrons. The zero-order valence-corrected chi connectivity index (χ0v) is 16.5. The van der Waals surface area contributed by atoms with Crippen molar-refractivity contribution in [1.82, 2.24) is 20.3 Å². The van der Waals surface area contributed by atoms with Gasteiger partial charge in [-0.25, -0.2) is 18.7 Å². The number of hydrogen-bond acceptors (Lipinski definition) is 5. The molecule has 2 aromatic heterocycles. The van der Waals surface area contributed by atoms with Crippen LogP contribution >= 0.6 is 11.6 Å². The number of halogens is 3. The van der Waals surface area contributed by atoms with Crippen LogP contribution in [0.1, 0.15) is 6.42 Å². The van der Waals surface area contributed by atoms with Crippen molar-refractivity contribution < 1.29 is 8.78 Å². The first-order valence-corrected chi connectivity index (χ1v) is 10.1. The van der Waals surface area contributed by atoms with Crippen molar-refractivity contribution in [2.45, 2.75) is 12.0 Å². The fraction of sp³-hybridized carbons (Fsp3) is 0.227. The van der Waals surface area contributed by atoms with Gasteiger partial charge in [0, 0.05) is 30.2 Å². The van der Waals surface area contributed by atoms with E-state index >= 15 is 4.39 Å². The van der Waals surface area contributed by atoms with Gasteiger partial charge in [-0.3, -0.25) is 4.98 Å². The Balaban J connectivity index is 1.51. The predicted octanol–water partition coefficient (Wildman–Crippen LogP) is 4.33. The Morgan fingerprint density at radius 2 is 1.90 bits per heavy atom. The molecule has 1 spiro atoms. The van der Waals surface area contributed by atoms with Gasteiger partial charge in [-0.15, -0.1) is 0 Å². The van der Waals surface area contributed by atoms with E-state index in [-0.39, 0.29) is 21.8 Å². The first-order valence-electron chi connectivity index (χ1n) is 9.73. The molecule has 2 aliphatic heterocycles. The van der Waals surface area contributed by atoms with E-state index < -0.39 is 11.6 Å². The van der Waals surface area contributed by atoms with Crippen LogP contribution in [0.5, 0.6) is 0 Å². The van der Waals surface area contributed by atoms with E-state index in [9.17, 15) is 4.39 Å². The second kappa shape index (κ2) is 6.30. The fourth-order valence-electron chi connectivity index (χ4n) is 4.51. The number of fused-ring (bicyclic) bond motifs is 2. The number of rotatable bonds is 2. The summed E-state index contributed by atoms with van der Waals surface area (Å²) in [6, 6.07) is 8.18.